The SMILES string of the molecule is CCC(C)CCCCCCCCC(=O)OC[C@@H](COC(=O)CCCCCCCCCCCCCCCCCCCCC(C)C)OC(=O)CCCCCCCCCCCCCC(C)C. The van der Waals surface area contributed by atoms with Gasteiger partial charge in [-0.05, 0) is 37.0 Å². The van der Waals surface area contributed by atoms with E-state index in [-0.39, 0.29) is 31.1 Å². The number of hydrogen-bond acceptors (Lipinski definition) is 6. The van der Waals surface area contributed by atoms with Crippen LogP contribution in [0.1, 0.15) is 311 Å². The zero-order valence-electron chi connectivity index (χ0n) is 43.4. The summed E-state index contributed by atoms with van der Waals surface area (Å²) in [5.74, 6) is 1.65. The summed E-state index contributed by atoms with van der Waals surface area (Å²) < 4.78 is 16.8. The molecule has 0 aromatic carbocycles. The quantitative estimate of drug-likeness (QED) is 0.0344. The molecule has 0 aliphatic rings. The fraction of sp³-hybridized carbons (Fsp3) is 0.947. The summed E-state index contributed by atoms with van der Waals surface area (Å²) in [6.07, 6.45) is 49.6. The lowest BCUT2D eigenvalue weighted by Gasteiger charge is -2.18. The molecule has 0 heterocycles. The Kier molecular flexibility index (Phi) is 47.1. The first-order chi connectivity index (χ1) is 30.6. The zero-order chi connectivity index (χ0) is 46.3. The van der Waals surface area contributed by atoms with Crippen LogP contribution in [0.2, 0.25) is 0 Å². The molecule has 63 heavy (non-hydrogen) atoms. The molecule has 2 atom stereocenters. The molecule has 6 heteroatoms. The fourth-order valence-corrected chi connectivity index (χ4v) is 8.61. The monoisotopic (exact) mass is 891 g/mol. The average molecular weight is 892 g/mol. The number of unbranched alkanes of at least 4 members (excludes halogenated alkanes) is 32. The van der Waals surface area contributed by atoms with E-state index >= 15 is 0 Å². The van der Waals surface area contributed by atoms with E-state index in [1.807, 2.05) is 0 Å². The molecule has 0 amide bonds. The third-order valence-electron chi connectivity index (χ3n) is 13.3. The minimum absolute atomic E-state index is 0.0646. The van der Waals surface area contributed by atoms with Crippen molar-refractivity contribution in [1.29, 1.82) is 0 Å². The van der Waals surface area contributed by atoms with Gasteiger partial charge in [0.1, 0.15) is 13.2 Å². The predicted octanol–water partition coefficient (Wildman–Crippen LogP) is 18.3. The second-order valence-electron chi connectivity index (χ2n) is 20.8. The highest BCUT2D eigenvalue weighted by molar-refractivity contribution is 5.71. The van der Waals surface area contributed by atoms with Gasteiger partial charge in [0, 0.05) is 19.3 Å². The van der Waals surface area contributed by atoms with Gasteiger partial charge in [-0.1, -0.05) is 273 Å². The van der Waals surface area contributed by atoms with Crippen molar-refractivity contribution in [2.45, 2.75) is 317 Å². The van der Waals surface area contributed by atoms with Gasteiger partial charge in [-0.15, -0.1) is 0 Å². The molecule has 6 nitrogen and oxygen atoms in total. The van der Waals surface area contributed by atoms with Crippen molar-refractivity contribution in [3.05, 3.63) is 0 Å². The van der Waals surface area contributed by atoms with E-state index in [1.165, 1.54) is 193 Å². The van der Waals surface area contributed by atoms with Gasteiger partial charge in [0.05, 0.1) is 0 Å². The van der Waals surface area contributed by atoms with Crippen molar-refractivity contribution in [3.63, 3.8) is 0 Å². The molecule has 0 aromatic rings. The summed E-state index contributed by atoms with van der Waals surface area (Å²) in [7, 11) is 0. The summed E-state index contributed by atoms with van der Waals surface area (Å²) in [5.41, 5.74) is 0. The molecule has 0 fully saturated rings. The molecule has 0 radical (unpaired) electrons. The lowest BCUT2D eigenvalue weighted by atomic mass is 10.00. The smallest absolute Gasteiger partial charge is 0.306 e. The molecule has 0 saturated carbocycles. The predicted molar refractivity (Wildman–Crippen MR) is 270 cm³/mol. The number of ether oxygens (including phenoxy) is 3. The maximum Gasteiger partial charge on any atom is 0.306 e. The minimum Gasteiger partial charge on any atom is -0.462 e. The molecule has 0 N–H and O–H groups in total. The van der Waals surface area contributed by atoms with Crippen molar-refractivity contribution >= 4 is 17.9 Å². The molecular weight excluding hydrogens is 781 g/mol. The van der Waals surface area contributed by atoms with Crippen LogP contribution in [-0.4, -0.2) is 37.2 Å². The molecule has 1 unspecified atom stereocenters. The maximum absolute atomic E-state index is 12.8. The number of rotatable bonds is 50. The fourth-order valence-electron chi connectivity index (χ4n) is 8.61. The highest BCUT2D eigenvalue weighted by Gasteiger charge is 2.19. The molecular formula is C57H110O6. The molecule has 0 bridgehead atoms. The Morgan fingerprint density at radius 1 is 0.317 bits per heavy atom. The summed E-state index contributed by atoms with van der Waals surface area (Å²) >= 11 is 0. The Labute approximate surface area is 393 Å². The van der Waals surface area contributed by atoms with Crippen LogP contribution < -0.4 is 0 Å². The first-order valence-electron chi connectivity index (χ1n) is 28.1. The highest BCUT2D eigenvalue weighted by atomic mass is 16.6. The average Bonchev–Trinajstić information content (AvgIpc) is 3.25. The van der Waals surface area contributed by atoms with E-state index in [4.69, 9.17) is 14.2 Å². The molecule has 0 saturated heterocycles. The van der Waals surface area contributed by atoms with Crippen molar-refractivity contribution in [3.8, 4) is 0 Å². The van der Waals surface area contributed by atoms with E-state index in [1.54, 1.807) is 0 Å². The van der Waals surface area contributed by atoms with Gasteiger partial charge in [-0.3, -0.25) is 14.4 Å². The van der Waals surface area contributed by atoms with E-state index in [0.29, 0.717) is 19.3 Å². The largest absolute Gasteiger partial charge is 0.462 e. The van der Waals surface area contributed by atoms with Gasteiger partial charge in [-0.2, -0.15) is 0 Å². The lowest BCUT2D eigenvalue weighted by molar-refractivity contribution is -0.167. The molecule has 374 valence electrons. The van der Waals surface area contributed by atoms with Crippen LogP contribution in [0.4, 0.5) is 0 Å². The Morgan fingerprint density at radius 2 is 0.556 bits per heavy atom. The molecule has 0 spiro atoms. The third-order valence-corrected chi connectivity index (χ3v) is 13.3. The Morgan fingerprint density at radius 3 is 0.825 bits per heavy atom. The Bertz CT molecular complexity index is 978. The normalized spacial score (nSPS) is 12.6. The van der Waals surface area contributed by atoms with Crippen molar-refractivity contribution in [2.24, 2.45) is 17.8 Å². The Hall–Kier alpha value is -1.59. The summed E-state index contributed by atoms with van der Waals surface area (Å²) in [5, 5.41) is 0. The van der Waals surface area contributed by atoms with Gasteiger partial charge < -0.3 is 14.2 Å². The highest BCUT2D eigenvalue weighted by Crippen LogP contribution is 2.18. The molecule has 0 aliphatic heterocycles. The maximum atomic E-state index is 12.8. The first-order valence-corrected chi connectivity index (χ1v) is 28.1. The van der Waals surface area contributed by atoms with E-state index < -0.39 is 6.10 Å². The van der Waals surface area contributed by atoms with E-state index in [0.717, 1.165) is 75.5 Å². The van der Waals surface area contributed by atoms with Crippen molar-refractivity contribution in [2.75, 3.05) is 13.2 Å². The minimum atomic E-state index is -0.764. The van der Waals surface area contributed by atoms with Gasteiger partial charge in [0.25, 0.3) is 0 Å². The number of carbonyl (C=O) groups excluding carboxylic acids is 3. The van der Waals surface area contributed by atoms with Crippen molar-refractivity contribution < 1.29 is 28.6 Å². The van der Waals surface area contributed by atoms with Crippen LogP contribution in [0.15, 0.2) is 0 Å². The van der Waals surface area contributed by atoms with Crippen LogP contribution in [0, 0.1) is 17.8 Å². The summed E-state index contributed by atoms with van der Waals surface area (Å²) in [6.45, 7) is 13.7. The van der Waals surface area contributed by atoms with Gasteiger partial charge >= 0.3 is 17.9 Å². The van der Waals surface area contributed by atoms with Crippen LogP contribution in [-0.2, 0) is 28.6 Å². The van der Waals surface area contributed by atoms with Gasteiger partial charge in [-0.25, -0.2) is 0 Å². The lowest BCUT2D eigenvalue weighted by Crippen LogP contribution is -2.30. The van der Waals surface area contributed by atoms with E-state index in [9.17, 15) is 14.4 Å². The number of carbonyl (C=O) groups is 3. The zero-order valence-corrected chi connectivity index (χ0v) is 43.4. The molecule has 0 aromatic heterocycles. The second-order valence-corrected chi connectivity index (χ2v) is 20.8. The number of esters is 3. The van der Waals surface area contributed by atoms with Crippen LogP contribution in [0.25, 0.3) is 0 Å². The summed E-state index contributed by atoms with van der Waals surface area (Å²) in [4.78, 5) is 38.0. The Balaban J connectivity index is 4.22. The molecule has 0 aliphatic carbocycles. The third kappa shape index (κ3) is 49.7. The van der Waals surface area contributed by atoms with Gasteiger partial charge in [0.15, 0.2) is 6.10 Å². The van der Waals surface area contributed by atoms with Crippen LogP contribution in [0.5, 0.6) is 0 Å². The number of hydrogen-bond donors (Lipinski definition) is 0. The topological polar surface area (TPSA) is 78.9 Å². The standard InChI is InChI=1S/C57H110O6/c1-7-53(6)45-39-33-29-30-35-41-47-56(59)62-50-54(63-57(60)48-42-36-28-24-20-16-18-22-26-32-38-44-52(4)5)49-61-55(58)46-40-34-27-23-19-15-13-11-9-8-10-12-14-17-21-25-31-37-43-51(2)3/h51-54H,7-50H2,1-6H3/t53?,54-/m1/s1. The van der Waals surface area contributed by atoms with Crippen molar-refractivity contribution in [1.82, 2.24) is 0 Å². The van der Waals surface area contributed by atoms with Crippen LogP contribution in [0.3, 0.4) is 0 Å². The first kappa shape index (κ1) is 61.4. The summed E-state index contributed by atoms with van der Waals surface area (Å²) in [6, 6.07) is 0. The van der Waals surface area contributed by atoms with Gasteiger partial charge in [0.2, 0.25) is 0 Å². The van der Waals surface area contributed by atoms with Crippen LogP contribution >= 0.6 is 0 Å². The second kappa shape index (κ2) is 48.3. The molecule has 0 rings (SSSR count). The van der Waals surface area contributed by atoms with E-state index in [2.05, 4.69) is 41.5 Å².